The number of imidazole rings is 1. The lowest BCUT2D eigenvalue weighted by Gasteiger charge is -2.36. The van der Waals surface area contributed by atoms with E-state index in [4.69, 9.17) is 23.9 Å². The number of aromatic nitrogens is 2. The molecule has 12 heteroatoms. The van der Waals surface area contributed by atoms with Gasteiger partial charge in [0, 0.05) is 49.6 Å². The number of fused-ring (bicyclic) bond motifs is 1. The minimum atomic E-state index is -0.833. The number of nitrogens with one attached hydrogen (secondary N) is 1. The van der Waals surface area contributed by atoms with Crippen molar-refractivity contribution in [3.05, 3.63) is 71.2 Å². The Balaban J connectivity index is 1.76. The molecule has 0 saturated heterocycles. The second kappa shape index (κ2) is 16.5. The number of carbonyl (C=O) groups excluding carboxylic acids is 2. The fraction of sp³-hybridized carbons (Fsp3) is 0.452. The number of carbonyl (C=O) groups is 2. The number of aliphatic hydroxyl groups is 1. The summed E-state index contributed by atoms with van der Waals surface area (Å²) in [7, 11) is 2.88. The van der Waals surface area contributed by atoms with Gasteiger partial charge in [0.1, 0.15) is 45.5 Å². The number of esters is 2. The van der Waals surface area contributed by atoms with Crippen molar-refractivity contribution < 1.29 is 43.9 Å². The lowest BCUT2D eigenvalue weighted by atomic mass is 9.79. The number of allylic oxidation sites excluding steroid dienone is 3. The molecule has 2 aromatic carbocycles. The topological polar surface area (TPSA) is 161 Å². The molecule has 4 aromatic rings. The Morgan fingerprint density at radius 1 is 1.04 bits per heavy atom. The van der Waals surface area contributed by atoms with Gasteiger partial charge in [0.2, 0.25) is 0 Å². The predicted octanol–water partition coefficient (Wildman–Crippen LogP) is 7.52. The summed E-state index contributed by atoms with van der Waals surface area (Å²) in [5, 5.41) is 38.7. The number of aromatic hydroxyl groups is 2. The van der Waals surface area contributed by atoms with Crippen molar-refractivity contribution in [2.24, 2.45) is 23.7 Å². The fourth-order valence-corrected chi connectivity index (χ4v) is 7.71. The van der Waals surface area contributed by atoms with Gasteiger partial charge in [0.25, 0.3) is 0 Å². The molecule has 0 spiro atoms. The van der Waals surface area contributed by atoms with E-state index in [1.807, 2.05) is 69.5 Å². The van der Waals surface area contributed by atoms with Crippen LogP contribution in [0.25, 0.3) is 27.5 Å². The molecule has 2 bridgehead atoms. The number of hydrogen-bond acceptors (Lipinski definition) is 11. The number of aryl methyl sites for hydroxylation is 1. The van der Waals surface area contributed by atoms with Crippen molar-refractivity contribution >= 4 is 45.1 Å². The molecule has 1 aliphatic rings. The van der Waals surface area contributed by atoms with Crippen molar-refractivity contribution in [3.63, 3.8) is 0 Å². The molecule has 2 aromatic heterocycles. The number of nitrogens with zero attached hydrogens (tertiary/aromatic N) is 2. The van der Waals surface area contributed by atoms with E-state index in [2.05, 4.69) is 18.3 Å². The van der Waals surface area contributed by atoms with Gasteiger partial charge in [0.05, 0.1) is 31.0 Å². The molecule has 3 heterocycles. The first kappa shape index (κ1) is 40.1. The molecule has 0 radical (unpaired) electrons. The highest BCUT2D eigenvalue weighted by molar-refractivity contribution is 6.24. The van der Waals surface area contributed by atoms with Crippen LogP contribution in [0, 0.1) is 37.5 Å². The number of pyridine rings is 1. The molecule has 0 saturated carbocycles. The Labute approximate surface area is 316 Å². The number of benzene rings is 2. The van der Waals surface area contributed by atoms with E-state index in [0.29, 0.717) is 35.3 Å². The molecule has 1 aliphatic heterocycles. The Kier molecular flexibility index (Phi) is 12.3. The first-order valence-corrected chi connectivity index (χ1v) is 18.3. The van der Waals surface area contributed by atoms with Crippen LogP contribution in [0.4, 0.5) is 5.69 Å². The van der Waals surface area contributed by atoms with Crippen LogP contribution in [0.1, 0.15) is 69.4 Å². The maximum absolute atomic E-state index is 14.2. The van der Waals surface area contributed by atoms with Crippen LogP contribution in [0.5, 0.6) is 17.2 Å². The fourth-order valence-electron chi connectivity index (χ4n) is 7.71. The van der Waals surface area contributed by atoms with Crippen LogP contribution in [0.15, 0.2) is 54.5 Å². The van der Waals surface area contributed by atoms with Crippen molar-refractivity contribution in [1.82, 2.24) is 9.38 Å². The minimum Gasteiger partial charge on any atom is -0.507 e. The van der Waals surface area contributed by atoms with Gasteiger partial charge in [-0.25, -0.2) is 9.78 Å². The zero-order valence-corrected chi connectivity index (χ0v) is 32.8. The molecule has 0 aliphatic carbocycles. The van der Waals surface area contributed by atoms with Gasteiger partial charge in [-0.15, -0.1) is 0 Å². The lowest BCUT2D eigenvalue weighted by molar-refractivity contribution is -0.159. The first-order chi connectivity index (χ1) is 25.6. The summed E-state index contributed by atoms with van der Waals surface area (Å²) in [4.78, 5) is 31.5. The molecule has 12 nitrogen and oxygen atoms in total. The largest absolute Gasteiger partial charge is 0.507 e. The summed E-state index contributed by atoms with van der Waals surface area (Å²) in [6.45, 7) is 14.9. The van der Waals surface area contributed by atoms with E-state index in [-0.39, 0.29) is 51.0 Å². The standard InChI is InChI=1S/C42H53N3O9/c1-21-12-11-13-23(3)20-43-35-36-34(44-30-19-22(2)14-16-45(30)36)31-32(39(35)49)38(48)27(7)41(52-10)33(31)42(50)53-17-15-29(51-9)25(5)40(54-28(8)46)26(6)37(47)24(4)18-21/h11-17,19,21,24-26,29,37,40,43,47-49H,18,20H2,1-10H3/b12-11+,17-15+,23-13-. The molecule has 0 amide bonds. The number of rotatable bonds is 3. The number of phenolic OH excluding ortho intramolecular Hbond substituents is 2. The summed E-state index contributed by atoms with van der Waals surface area (Å²) in [6.07, 6.45) is 9.09. The van der Waals surface area contributed by atoms with Crippen LogP contribution in [0.2, 0.25) is 0 Å². The highest BCUT2D eigenvalue weighted by Crippen LogP contribution is 2.50. The van der Waals surface area contributed by atoms with Crippen molar-refractivity contribution in [2.45, 2.75) is 80.1 Å². The Bertz CT molecular complexity index is 2150. The van der Waals surface area contributed by atoms with Crippen molar-refractivity contribution in [2.75, 3.05) is 26.1 Å². The molecule has 5 rings (SSSR count). The van der Waals surface area contributed by atoms with E-state index in [0.717, 1.165) is 11.1 Å². The second-order valence-electron chi connectivity index (χ2n) is 14.8. The summed E-state index contributed by atoms with van der Waals surface area (Å²) in [5.74, 6) is -2.73. The lowest BCUT2D eigenvalue weighted by Crippen LogP contribution is -2.44. The average molecular weight is 744 g/mol. The maximum atomic E-state index is 14.2. The smallest absolute Gasteiger partial charge is 0.347 e. The third kappa shape index (κ3) is 7.76. The molecule has 7 atom stereocenters. The number of hydrogen-bond donors (Lipinski definition) is 4. The molecule has 54 heavy (non-hydrogen) atoms. The number of cyclic esters (lactones) is 1. The number of methoxy groups -OCH3 is 2. The van der Waals surface area contributed by atoms with Gasteiger partial charge in [-0.05, 0) is 62.8 Å². The van der Waals surface area contributed by atoms with E-state index in [1.165, 1.54) is 27.4 Å². The van der Waals surface area contributed by atoms with Crippen LogP contribution in [-0.2, 0) is 19.0 Å². The van der Waals surface area contributed by atoms with Crippen LogP contribution in [0.3, 0.4) is 0 Å². The van der Waals surface area contributed by atoms with E-state index >= 15 is 0 Å². The molecule has 290 valence electrons. The summed E-state index contributed by atoms with van der Waals surface area (Å²) < 4.78 is 24.9. The monoisotopic (exact) mass is 743 g/mol. The van der Waals surface area contributed by atoms with Gasteiger partial charge in [-0.1, -0.05) is 51.5 Å². The number of ether oxygens (including phenoxy) is 4. The van der Waals surface area contributed by atoms with Crippen LogP contribution < -0.4 is 10.1 Å². The quantitative estimate of drug-likeness (QED) is 0.121. The highest BCUT2D eigenvalue weighted by atomic mass is 16.5. The Morgan fingerprint density at radius 3 is 2.43 bits per heavy atom. The molecular weight excluding hydrogens is 690 g/mol. The van der Waals surface area contributed by atoms with Crippen LogP contribution in [-0.4, -0.2) is 75.7 Å². The zero-order chi connectivity index (χ0) is 39.6. The summed E-state index contributed by atoms with van der Waals surface area (Å²) in [5.41, 5.74) is 3.81. The second-order valence-corrected chi connectivity index (χ2v) is 14.8. The SMILES string of the molecule is COc1c(C)c(O)c2c(O)c3c4c(nc5cc(C)ccn54)c2c1C(=O)O/C=C/C(OC)C(C)C(OC(C)=O)C(C)C(O)C(C)CC(C)/C=C/C=C(/C)CN3. The third-order valence-corrected chi connectivity index (χ3v) is 10.6. The van der Waals surface area contributed by atoms with E-state index in [1.54, 1.807) is 13.0 Å². The Hall–Kier alpha value is -5.07. The molecule has 0 fully saturated rings. The van der Waals surface area contributed by atoms with Gasteiger partial charge >= 0.3 is 11.9 Å². The van der Waals surface area contributed by atoms with Crippen molar-refractivity contribution in [1.29, 1.82) is 0 Å². The van der Waals surface area contributed by atoms with E-state index in [9.17, 15) is 24.9 Å². The highest BCUT2D eigenvalue weighted by Gasteiger charge is 2.37. The molecular formula is C42H53N3O9. The van der Waals surface area contributed by atoms with Gasteiger partial charge in [-0.3, -0.25) is 9.20 Å². The normalized spacial score (nSPS) is 27.0. The van der Waals surface area contributed by atoms with Gasteiger partial charge < -0.3 is 39.6 Å². The zero-order valence-electron chi connectivity index (χ0n) is 32.8. The third-order valence-electron chi connectivity index (χ3n) is 10.6. The molecule has 4 N–H and O–H groups in total. The van der Waals surface area contributed by atoms with Gasteiger partial charge in [-0.2, -0.15) is 0 Å². The van der Waals surface area contributed by atoms with Gasteiger partial charge in [0.15, 0.2) is 5.75 Å². The van der Waals surface area contributed by atoms with E-state index < -0.39 is 42.1 Å². The number of phenols is 2. The number of anilines is 1. The predicted molar refractivity (Wildman–Crippen MR) is 209 cm³/mol. The first-order valence-electron chi connectivity index (χ1n) is 18.3. The minimum absolute atomic E-state index is 0.0161. The summed E-state index contributed by atoms with van der Waals surface area (Å²) >= 11 is 0. The maximum Gasteiger partial charge on any atom is 0.347 e. The number of aliphatic hydroxyl groups excluding tert-OH is 1. The van der Waals surface area contributed by atoms with Crippen LogP contribution >= 0.6 is 0 Å². The average Bonchev–Trinajstić information content (AvgIpc) is 3.49. The van der Waals surface area contributed by atoms with Crippen molar-refractivity contribution in [3.8, 4) is 17.2 Å². The Morgan fingerprint density at radius 2 is 1.76 bits per heavy atom. The summed E-state index contributed by atoms with van der Waals surface area (Å²) in [6, 6.07) is 3.81. The molecule has 7 unspecified atom stereocenters.